The molecule has 0 amide bonds. The van der Waals surface area contributed by atoms with Crippen LogP contribution < -0.4 is 0 Å². The van der Waals surface area contributed by atoms with Gasteiger partial charge in [0.2, 0.25) is 11.6 Å². The third-order valence-electron chi connectivity index (χ3n) is 1.75. The summed E-state index contributed by atoms with van der Waals surface area (Å²) in [4.78, 5) is 13.2. The van der Waals surface area contributed by atoms with Crippen molar-refractivity contribution in [2.45, 2.75) is 12.7 Å². The fourth-order valence-corrected chi connectivity index (χ4v) is 0.653. The van der Waals surface area contributed by atoms with E-state index in [-0.39, 0.29) is 5.78 Å². The van der Waals surface area contributed by atoms with Gasteiger partial charge >= 0.3 is 0 Å². The van der Waals surface area contributed by atoms with E-state index in [1.165, 1.54) is 20.3 Å². The number of rotatable bonds is 5. The number of methoxy groups -OCH3 is 2. The van der Waals surface area contributed by atoms with E-state index in [0.29, 0.717) is 0 Å². The molecular weight excluding hydrogens is 170 g/mol. The molecule has 0 saturated heterocycles. The maximum absolute atomic E-state index is 11.5. The highest BCUT2D eigenvalue weighted by Gasteiger charge is 2.30. The summed E-state index contributed by atoms with van der Waals surface area (Å²) >= 11 is 0. The van der Waals surface area contributed by atoms with Crippen LogP contribution in [0.2, 0.25) is 0 Å². The summed E-state index contributed by atoms with van der Waals surface area (Å²) in [6.45, 7) is 1.58. The number of hydrogen-bond donors (Lipinski definition) is 0. The zero-order chi connectivity index (χ0) is 10.5. The van der Waals surface area contributed by atoms with Gasteiger partial charge in [0.25, 0.3) is 0 Å². The number of ether oxygens (including phenoxy) is 2. The average Bonchev–Trinajstić information content (AvgIpc) is 2.12. The van der Waals surface area contributed by atoms with Gasteiger partial charge in [-0.25, -0.2) is 0 Å². The minimum absolute atomic E-state index is 0.216. The van der Waals surface area contributed by atoms with Crippen LogP contribution in [0.3, 0.4) is 0 Å². The minimum atomic E-state index is -1.17. The molecule has 0 N–H and O–H groups in total. The molecule has 0 atom stereocenters. The molecule has 0 spiro atoms. The lowest BCUT2D eigenvalue weighted by Gasteiger charge is -2.22. The van der Waals surface area contributed by atoms with Crippen molar-refractivity contribution < 1.29 is 14.3 Å². The van der Waals surface area contributed by atoms with Gasteiger partial charge in [0.15, 0.2) is 0 Å². The molecule has 0 rings (SSSR count). The highest BCUT2D eigenvalue weighted by molar-refractivity contribution is 5.95. The largest absolute Gasteiger partial charge is 0.383 e. The molecule has 0 aliphatic rings. The third-order valence-corrected chi connectivity index (χ3v) is 1.75. The molecule has 0 aliphatic carbocycles. The van der Waals surface area contributed by atoms with Gasteiger partial charge in [-0.3, -0.25) is 4.79 Å². The van der Waals surface area contributed by atoms with Gasteiger partial charge < -0.3 is 14.4 Å². The summed E-state index contributed by atoms with van der Waals surface area (Å²) in [5.41, 5.74) is 0. The van der Waals surface area contributed by atoms with E-state index >= 15 is 0 Å². The smallest absolute Gasteiger partial charge is 0.229 e. The topological polar surface area (TPSA) is 38.8 Å². The van der Waals surface area contributed by atoms with Crippen molar-refractivity contribution in [2.24, 2.45) is 0 Å². The molecule has 4 heteroatoms. The number of hydrogen-bond acceptors (Lipinski definition) is 4. The Bertz CT molecular complexity index is 195. The normalized spacial score (nSPS) is 12.1. The lowest BCUT2D eigenvalue weighted by Crippen LogP contribution is -2.38. The minimum Gasteiger partial charge on any atom is -0.383 e. The van der Waals surface area contributed by atoms with Crippen LogP contribution in [0.15, 0.2) is 12.3 Å². The van der Waals surface area contributed by atoms with E-state index < -0.39 is 5.79 Å². The van der Waals surface area contributed by atoms with Crippen molar-refractivity contribution in [3.05, 3.63) is 12.3 Å². The van der Waals surface area contributed by atoms with Crippen molar-refractivity contribution in [2.75, 3.05) is 28.3 Å². The first-order chi connectivity index (χ1) is 5.96. The van der Waals surface area contributed by atoms with Gasteiger partial charge in [-0.05, 0) is 6.92 Å². The Morgan fingerprint density at radius 1 is 1.31 bits per heavy atom. The lowest BCUT2D eigenvalue weighted by atomic mass is 10.2. The van der Waals surface area contributed by atoms with E-state index in [2.05, 4.69) is 0 Å². The van der Waals surface area contributed by atoms with Gasteiger partial charge in [0, 0.05) is 40.6 Å². The van der Waals surface area contributed by atoms with Crippen molar-refractivity contribution in [3.8, 4) is 0 Å². The Kier molecular flexibility index (Phi) is 4.66. The fraction of sp³-hybridized carbons (Fsp3) is 0.667. The second kappa shape index (κ2) is 4.99. The van der Waals surface area contributed by atoms with Crippen LogP contribution in [0.4, 0.5) is 0 Å². The van der Waals surface area contributed by atoms with Crippen molar-refractivity contribution in [3.63, 3.8) is 0 Å². The molecule has 76 valence electrons. The van der Waals surface area contributed by atoms with Crippen molar-refractivity contribution in [1.82, 2.24) is 4.90 Å². The van der Waals surface area contributed by atoms with E-state index in [1.807, 2.05) is 14.1 Å². The van der Waals surface area contributed by atoms with E-state index in [4.69, 9.17) is 9.47 Å². The molecule has 13 heavy (non-hydrogen) atoms. The number of nitrogens with zero attached hydrogens (tertiary/aromatic N) is 1. The molecule has 0 saturated carbocycles. The number of carbonyl (C=O) groups excluding carboxylic acids is 1. The Labute approximate surface area is 79.1 Å². The maximum Gasteiger partial charge on any atom is 0.229 e. The molecule has 0 aliphatic heterocycles. The molecule has 0 unspecified atom stereocenters. The first-order valence-electron chi connectivity index (χ1n) is 3.95. The molecule has 0 radical (unpaired) electrons. The van der Waals surface area contributed by atoms with E-state index in [1.54, 1.807) is 18.0 Å². The fourth-order valence-electron chi connectivity index (χ4n) is 0.653. The van der Waals surface area contributed by atoms with Crippen molar-refractivity contribution in [1.29, 1.82) is 0 Å². The van der Waals surface area contributed by atoms with E-state index in [0.717, 1.165) is 0 Å². The van der Waals surface area contributed by atoms with Gasteiger partial charge in [-0.1, -0.05) is 0 Å². The predicted molar refractivity (Wildman–Crippen MR) is 50.3 cm³/mol. The van der Waals surface area contributed by atoms with Crippen LogP contribution in [0, 0.1) is 0 Å². The quantitative estimate of drug-likeness (QED) is 0.467. The van der Waals surface area contributed by atoms with Crippen LogP contribution in [-0.2, 0) is 14.3 Å². The average molecular weight is 187 g/mol. The highest BCUT2D eigenvalue weighted by Crippen LogP contribution is 2.11. The summed E-state index contributed by atoms with van der Waals surface area (Å²) in [5, 5.41) is 0. The maximum atomic E-state index is 11.5. The van der Waals surface area contributed by atoms with E-state index in [9.17, 15) is 4.79 Å². The predicted octanol–water partition coefficient (Wildman–Crippen LogP) is 0.640. The van der Waals surface area contributed by atoms with Crippen LogP contribution >= 0.6 is 0 Å². The zero-order valence-corrected chi connectivity index (χ0v) is 8.83. The lowest BCUT2D eigenvalue weighted by molar-refractivity contribution is -0.194. The number of ketones is 1. The molecule has 0 bridgehead atoms. The van der Waals surface area contributed by atoms with Gasteiger partial charge in [0.1, 0.15) is 0 Å². The number of carbonyl (C=O) groups is 1. The summed E-state index contributed by atoms with van der Waals surface area (Å²) in [6.07, 6.45) is 3.08. The van der Waals surface area contributed by atoms with Crippen molar-refractivity contribution >= 4 is 5.78 Å². The monoisotopic (exact) mass is 187 g/mol. The highest BCUT2D eigenvalue weighted by atomic mass is 16.7. The summed E-state index contributed by atoms with van der Waals surface area (Å²) in [6, 6.07) is 0. The Hall–Kier alpha value is -0.870. The van der Waals surface area contributed by atoms with Crippen LogP contribution in [-0.4, -0.2) is 44.8 Å². The van der Waals surface area contributed by atoms with Gasteiger partial charge in [-0.2, -0.15) is 0 Å². The standard InChI is InChI=1S/C9H17NO3/c1-9(12-4,13-5)8(11)6-7-10(2)3/h6-7H,1-5H3/b7-6-. The zero-order valence-electron chi connectivity index (χ0n) is 8.83. The molecule has 0 aromatic carbocycles. The molecule has 0 aromatic heterocycles. The summed E-state index contributed by atoms with van der Waals surface area (Å²) < 4.78 is 9.88. The van der Waals surface area contributed by atoms with Gasteiger partial charge in [0.05, 0.1) is 0 Å². The second-order valence-electron chi connectivity index (χ2n) is 3.00. The van der Waals surface area contributed by atoms with Gasteiger partial charge in [-0.15, -0.1) is 0 Å². The molecule has 0 fully saturated rings. The molecule has 4 nitrogen and oxygen atoms in total. The first-order valence-corrected chi connectivity index (χ1v) is 3.95. The third kappa shape index (κ3) is 3.57. The Balaban J connectivity index is 4.40. The van der Waals surface area contributed by atoms with Crippen LogP contribution in [0.5, 0.6) is 0 Å². The molecule has 0 heterocycles. The molecular formula is C9H17NO3. The Morgan fingerprint density at radius 2 is 1.77 bits per heavy atom. The van der Waals surface area contributed by atoms with Crippen LogP contribution in [0.25, 0.3) is 0 Å². The summed E-state index contributed by atoms with van der Waals surface area (Å²) in [7, 11) is 6.54. The Morgan fingerprint density at radius 3 is 2.08 bits per heavy atom. The first kappa shape index (κ1) is 12.1. The van der Waals surface area contributed by atoms with Crippen LogP contribution in [0.1, 0.15) is 6.92 Å². The summed E-state index contributed by atoms with van der Waals surface area (Å²) in [5.74, 6) is -1.39. The SMILES string of the molecule is COC(C)(OC)C(=O)/C=C\N(C)C. The molecule has 0 aromatic rings. The second-order valence-corrected chi connectivity index (χ2v) is 3.00.